The molecule has 2 aromatic rings. The van der Waals surface area contributed by atoms with Gasteiger partial charge in [-0.3, -0.25) is 0 Å². The van der Waals surface area contributed by atoms with Crippen molar-refractivity contribution in [1.82, 2.24) is 0 Å². The topological polar surface area (TPSA) is 23.8 Å². The summed E-state index contributed by atoms with van der Waals surface area (Å²) >= 11 is 0.503. The number of nitriles is 1. The van der Waals surface area contributed by atoms with Gasteiger partial charge in [-0.2, -0.15) is 0 Å². The third-order valence-electron chi connectivity index (χ3n) is 1.58. The van der Waals surface area contributed by atoms with Crippen molar-refractivity contribution in [2.24, 2.45) is 0 Å². The Bertz CT molecular complexity index is 422. The van der Waals surface area contributed by atoms with Gasteiger partial charge in [0.2, 0.25) is 0 Å². The first-order valence-electron chi connectivity index (χ1n) is 3.27. The minimum atomic E-state index is 0.503. The molecule has 0 aliphatic heterocycles. The van der Waals surface area contributed by atoms with Crippen LogP contribution in [0, 0.1) is 11.3 Å². The van der Waals surface area contributed by atoms with Crippen molar-refractivity contribution >= 4 is 24.1 Å². The molecule has 11 heavy (non-hydrogen) atoms. The standard InChI is InChI=1S/C9H5NSe/c10-6-7-1-2-9-8(5-7)3-4-11-9/h1-5H. The monoisotopic (exact) mass is 207 g/mol. The van der Waals surface area contributed by atoms with Crippen LogP contribution in [-0.4, -0.2) is 14.5 Å². The Hall–Kier alpha value is -1.03. The van der Waals surface area contributed by atoms with Crippen molar-refractivity contribution in [3.05, 3.63) is 34.8 Å². The van der Waals surface area contributed by atoms with E-state index in [1.807, 2.05) is 18.2 Å². The van der Waals surface area contributed by atoms with Crippen molar-refractivity contribution in [3.63, 3.8) is 0 Å². The van der Waals surface area contributed by atoms with Crippen molar-refractivity contribution in [2.45, 2.75) is 0 Å². The number of hydrogen-bond donors (Lipinski definition) is 0. The van der Waals surface area contributed by atoms with Crippen LogP contribution in [0.3, 0.4) is 0 Å². The molecule has 0 saturated carbocycles. The van der Waals surface area contributed by atoms with Crippen LogP contribution in [-0.2, 0) is 0 Å². The van der Waals surface area contributed by atoms with Crippen molar-refractivity contribution in [2.75, 3.05) is 0 Å². The SMILES string of the molecule is N#Cc1ccc2[se]ccc2c1. The molecule has 0 aliphatic rings. The van der Waals surface area contributed by atoms with E-state index in [4.69, 9.17) is 5.26 Å². The molecule has 1 heterocycles. The summed E-state index contributed by atoms with van der Waals surface area (Å²) < 4.78 is 1.39. The second-order valence-corrected chi connectivity index (χ2v) is 4.27. The third kappa shape index (κ3) is 1.09. The van der Waals surface area contributed by atoms with E-state index in [1.54, 1.807) is 0 Å². The Morgan fingerprint density at radius 3 is 3.00 bits per heavy atom. The molecule has 0 amide bonds. The number of nitrogens with zero attached hydrogens (tertiary/aromatic N) is 1. The quantitative estimate of drug-likeness (QED) is 0.602. The molecular formula is C9H5NSe. The van der Waals surface area contributed by atoms with Crippen LogP contribution < -0.4 is 0 Å². The summed E-state index contributed by atoms with van der Waals surface area (Å²) in [6, 6.07) is 10.1. The maximum absolute atomic E-state index is 8.60. The van der Waals surface area contributed by atoms with Gasteiger partial charge in [-0.15, -0.1) is 0 Å². The fourth-order valence-corrected chi connectivity index (χ4v) is 2.65. The van der Waals surface area contributed by atoms with E-state index in [9.17, 15) is 0 Å². The Balaban J connectivity index is 2.79. The third-order valence-corrected chi connectivity index (χ3v) is 3.47. The molecule has 0 aliphatic carbocycles. The van der Waals surface area contributed by atoms with Gasteiger partial charge in [0.1, 0.15) is 0 Å². The molecule has 0 N–H and O–H groups in total. The summed E-state index contributed by atoms with van der Waals surface area (Å²) in [7, 11) is 0. The van der Waals surface area contributed by atoms with E-state index < -0.39 is 0 Å². The van der Waals surface area contributed by atoms with Gasteiger partial charge in [0.15, 0.2) is 0 Å². The van der Waals surface area contributed by atoms with Crippen LogP contribution >= 0.6 is 0 Å². The molecule has 1 aromatic carbocycles. The number of benzene rings is 1. The maximum atomic E-state index is 8.60. The molecule has 1 aromatic heterocycles. The van der Waals surface area contributed by atoms with E-state index >= 15 is 0 Å². The number of fused-ring (bicyclic) bond motifs is 1. The van der Waals surface area contributed by atoms with Crippen LogP contribution in [0.1, 0.15) is 5.56 Å². The Morgan fingerprint density at radius 2 is 2.18 bits per heavy atom. The Kier molecular flexibility index (Phi) is 1.54. The van der Waals surface area contributed by atoms with Crippen LogP contribution in [0.4, 0.5) is 0 Å². The molecule has 0 spiro atoms. The van der Waals surface area contributed by atoms with Gasteiger partial charge in [0.25, 0.3) is 0 Å². The second-order valence-electron chi connectivity index (χ2n) is 2.29. The molecule has 0 unspecified atom stereocenters. The fraction of sp³-hybridized carbons (Fsp3) is 0. The molecule has 52 valence electrons. The normalized spacial score (nSPS) is 9.73. The summed E-state index contributed by atoms with van der Waals surface area (Å²) in [6.45, 7) is 0. The van der Waals surface area contributed by atoms with Crippen LogP contribution in [0.25, 0.3) is 9.65 Å². The molecule has 0 fully saturated rings. The molecule has 0 bridgehead atoms. The average molecular weight is 206 g/mol. The molecule has 0 atom stereocenters. The van der Waals surface area contributed by atoms with Crippen LogP contribution in [0.5, 0.6) is 0 Å². The zero-order valence-corrected chi connectivity index (χ0v) is 7.46. The van der Waals surface area contributed by atoms with Crippen LogP contribution in [0.2, 0.25) is 0 Å². The number of rotatable bonds is 0. The van der Waals surface area contributed by atoms with Crippen molar-refractivity contribution in [3.8, 4) is 6.07 Å². The molecule has 0 radical (unpaired) electrons. The molecule has 1 nitrogen and oxygen atoms in total. The molecule has 2 heteroatoms. The molecule has 2 rings (SSSR count). The summed E-state index contributed by atoms with van der Waals surface area (Å²) in [5, 5.41) is 9.83. The van der Waals surface area contributed by atoms with Gasteiger partial charge in [-0.1, -0.05) is 0 Å². The van der Waals surface area contributed by atoms with E-state index in [0.29, 0.717) is 14.5 Å². The first-order valence-corrected chi connectivity index (χ1v) is 5.12. The van der Waals surface area contributed by atoms with E-state index in [1.165, 1.54) is 9.65 Å². The first-order chi connectivity index (χ1) is 5.40. The number of hydrogen-bond acceptors (Lipinski definition) is 1. The summed E-state index contributed by atoms with van der Waals surface area (Å²) in [4.78, 5) is 2.18. The van der Waals surface area contributed by atoms with Gasteiger partial charge in [-0.25, -0.2) is 0 Å². The minimum absolute atomic E-state index is 0.503. The first kappa shape index (κ1) is 6.67. The summed E-state index contributed by atoms with van der Waals surface area (Å²) in [6.07, 6.45) is 0. The van der Waals surface area contributed by atoms with E-state index in [-0.39, 0.29) is 0 Å². The fourth-order valence-electron chi connectivity index (χ4n) is 1.04. The van der Waals surface area contributed by atoms with E-state index in [2.05, 4.69) is 17.1 Å². The van der Waals surface area contributed by atoms with Crippen molar-refractivity contribution in [1.29, 1.82) is 5.26 Å². The van der Waals surface area contributed by atoms with Crippen LogP contribution in [0.15, 0.2) is 29.2 Å². The van der Waals surface area contributed by atoms with Gasteiger partial charge in [0, 0.05) is 0 Å². The van der Waals surface area contributed by atoms with Gasteiger partial charge >= 0.3 is 70.3 Å². The average Bonchev–Trinajstić information content (AvgIpc) is 2.50. The summed E-state index contributed by atoms with van der Waals surface area (Å²) in [5.41, 5.74) is 0.756. The van der Waals surface area contributed by atoms with E-state index in [0.717, 1.165) is 5.56 Å². The van der Waals surface area contributed by atoms with Gasteiger partial charge < -0.3 is 0 Å². The second kappa shape index (κ2) is 2.54. The Labute approximate surface area is 70.6 Å². The zero-order chi connectivity index (χ0) is 7.68. The van der Waals surface area contributed by atoms with Gasteiger partial charge in [0.05, 0.1) is 0 Å². The predicted molar refractivity (Wildman–Crippen MR) is 45.6 cm³/mol. The zero-order valence-electron chi connectivity index (χ0n) is 5.74. The molecular weight excluding hydrogens is 201 g/mol. The Morgan fingerprint density at radius 1 is 1.27 bits per heavy atom. The predicted octanol–water partition coefficient (Wildman–Crippen LogP) is 1.77. The van der Waals surface area contributed by atoms with Crippen molar-refractivity contribution < 1.29 is 0 Å². The summed E-state index contributed by atoms with van der Waals surface area (Å²) in [5.74, 6) is 0. The molecule has 0 saturated heterocycles. The van der Waals surface area contributed by atoms with Gasteiger partial charge in [-0.05, 0) is 0 Å².